The van der Waals surface area contributed by atoms with Gasteiger partial charge in [-0.2, -0.15) is 0 Å². The molecule has 2 aromatic carbocycles. The number of anilines is 1. The van der Waals surface area contributed by atoms with Gasteiger partial charge in [-0.15, -0.1) is 0 Å². The van der Waals surface area contributed by atoms with Gasteiger partial charge < -0.3 is 10.1 Å². The molecule has 0 heterocycles. The van der Waals surface area contributed by atoms with E-state index in [9.17, 15) is 9.59 Å². The summed E-state index contributed by atoms with van der Waals surface area (Å²) in [6, 6.07) is 17.8. The highest BCUT2D eigenvalue weighted by atomic mass is 16.5. The molecule has 2 fully saturated rings. The summed E-state index contributed by atoms with van der Waals surface area (Å²) >= 11 is 0. The van der Waals surface area contributed by atoms with Crippen LogP contribution in [0.1, 0.15) is 6.42 Å². The number of methoxy groups -OCH3 is 1. The van der Waals surface area contributed by atoms with Crippen molar-refractivity contribution in [3.05, 3.63) is 66.7 Å². The molecule has 0 aliphatic heterocycles. The van der Waals surface area contributed by atoms with Crippen molar-refractivity contribution in [2.45, 2.75) is 12.5 Å². The van der Waals surface area contributed by atoms with Gasteiger partial charge in [0.2, 0.25) is 5.91 Å². The van der Waals surface area contributed by atoms with Gasteiger partial charge in [-0.3, -0.25) is 9.59 Å². The van der Waals surface area contributed by atoms with Crippen molar-refractivity contribution in [2.75, 3.05) is 12.4 Å². The Hall–Kier alpha value is -2.72. The zero-order valence-corrected chi connectivity index (χ0v) is 15.7. The quantitative estimate of drug-likeness (QED) is 0.652. The fourth-order valence-corrected chi connectivity index (χ4v) is 5.47. The summed E-state index contributed by atoms with van der Waals surface area (Å²) in [5.41, 5.74) is 2.91. The van der Waals surface area contributed by atoms with Gasteiger partial charge in [0, 0.05) is 24.6 Å². The lowest BCUT2D eigenvalue weighted by Gasteiger charge is -2.25. The minimum absolute atomic E-state index is 0.0482. The van der Waals surface area contributed by atoms with Crippen LogP contribution >= 0.6 is 0 Å². The van der Waals surface area contributed by atoms with Crippen LogP contribution in [0.4, 0.5) is 5.69 Å². The molecule has 2 aromatic rings. The second kappa shape index (κ2) is 6.71. The van der Waals surface area contributed by atoms with Gasteiger partial charge >= 0.3 is 0 Å². The number of ether oxygens (including phenoxy) is 1. The summed E-state index contributed by atoms with van der Waals surface area (Å²) in [6.07, 6.45) is 5.05. The predicted octanol–water partition coefficient (Wildman–Crippen LogP) is 3.94. The molecule has 2 unspecified atom stereocenters. The molecule has 28 heavy (non-hydrogen) atoms. The van der Waals surface area contributed by atoms with E-state index in [1.807, 2.05) is 42.5 Å². The molecule has 0 radical (unpaired) electrons. The fraction of sp³-hybridized carbons (Fsp3) is 0.333. The van der Waals surface area contributed by atoms with Gasteiger partial charge in [-0.05, 0) is 41.5 Å². The molecule has 4 nitrogen and oxygen atoms in total. The van der Waals surface area contributed by atoms with Crippen LogP contribution in [-0.4, -0.2) is 24.9 Å². The number of ketones is 1. The molecule has 6 atom stereocenters. The molecule has 4 heteroatoms. The maximum atomic E-state index is 13.0. The second-order valence-corrected chi connectivity index (χ2v) is 8.06. The zero-order valence-electron chi connectivity index (χ0n) is 15.7. The van der Waals surface area contributed by atoms with Crippen LogP contribution in [0, 0.1) is 29.6 Å². The molecule has 2 saturated carbocycles. The highest BCUT2D eigenvalue weighted by Gasteiger charge is 2.62. The third-order valence-electron chi connectivity index (χ3n) is 6.68. The molecule has 5 rings (SSSR count). The number of hydrogen-bond donors (Lipinski definition) is 1. The highest BCUT2D eigenvalue weighted by Crippen LogP contribution is 2.56. The lowest BCUT2D eigenvalue weighted by Crippen LogP contribution is -2.37. The number of fused-ring (bicyclic) bond motifs is 5. The SMILES string of the molecule is COC1C(C(=O)Nc2ccc(-c3ccccc3)cc2)C(=O)[C@H]2[C@@H]1[C@H]1C=C[C@@H]2C1. The lowest BCUT2D eigenvalue weighted by molar-refractivity contribution is -0.134. The minimum Gasteiger partial charge on any atom is -0.380 e. The summed E-state index contributed by atoms with van der Waals surface area (Å²) in [5.74, 6) is -0.195. The lowest BCUT2D eigenvalue weighted by atomic mass is 9.85. The number of rotatable bonds is 4. The predicted molar refractivity (Wildman–Crippen MR) is 108 cm³/mol. The smallest absolute Gasteiger partial charge is 0.237 e. The van der Waals surface area contributed by atoms with Crippen molar-refractivity contribution in [2.24, 2.45) is 29.6 Å². The zero-order chi connectivity index (χ0) is 19.3. The van der Waals surface area contributed by atoms with Crippen LogP contribution in [0.2, 0.25) is 0 Å². The number of Topliss-reactive ketones (excluding diaryl/α,β-unsaturated/α-hetero) is 1. The number of carbonyl (C=O) groups excluding carboxylic acids is 2. The molecule has 1 amide bonds. The Morgan fingerprint density at radius 3 is 2.36 bits per heavy atom. The van der Waals surface area contributed by atoms with E-state index in [1.54, 1.807) is 7.11 Å². The van der Waals surface area contributed by atoms with Crippen LogP contribution in [0.5, 0.6) is 0 Å². The molecule has 142 valence electrons. The van der Waals surface area contributed by atoms with Gasteiger partial charge in [-0.25, -0.2) is 0 Å². The molecule has 2 bridgehead atoms. The summed E-state index contributed by atoms with van der Waals surface area (Å²) in [7, 11) is 1.62. The first kappa shape index (κ1) is 17.4. The first-order valence-corrected chi connectivity index (χ1v) is 9.88. The van der Waals surface area contributed by atoms with E-state index < -0.39 is 5.92 Å². The van der Waals surface area contributed by atoms with Crippen molar-refractivity contribution in [1.82, 2.24) is 0 Å². The van der Waals surface area contributed by atoms with Crippen molar-refractivity contribution in [1.29, 1.82) is 0 Å². The molecular formula is C24H23NO3. The van der Waals surface area contributed by atoms with Crippen molar-refractivity contribution < 1.29 is 14.3 Å². The topological polar surface area (TPSA) is 55.4 Å². The Balaban J connectivity index is 1.34. The van der Waals surface area contributed by atoms with Crippen LogP contribution < -0.4 is 5.32 Å². The van der Waals surface area contributed by atoms with Gasteiger partial charge in [0.05, 0.1) is 6.10 Å². The number of hydrogen-bond acceptors (Lipinski definition) is 3. The van der Waals surface area contributed by atoms with E-state index in [4.69, 9.17) is 4.74 Å². The van der Waals surface area contributed by atoms with E-state index in [0.717, 1.165) is 17.5 Å². The van der Waals surface area contributed by atoms with E-state index >= 15 is 0 Å². The van der Waals surface area contributed by atoms with Crippen molar-refractivity contribution >= 4 is 17.4 Å². The minimum atomic E-state index is -0.723. The Morgan fingerprint density at radius 2 is 1.64 bits per heavy atom. The van der Waals surface area contributed by atoms with Crippen LogP contribution in [0.25, 0.3) is 11.1 Å². The Bertz CT molecular complexity index is 934. The molecule has 3 aliphatic carbocycles. The number of allylic oxidation sites excluding steroid dienone is 2. The molecular weight excluding hydrogens is 350 g/mol. The maximum Gasteiger partial charge on any atom is 0.237 e. The van der Waals surface area contributed by atoms with E-state index in [0.29, 0.717) is 11.6 Å². The van der Waals surface area contributed by atoms with Gasteiger partial charge in [0.25, 0.3) is 0 Å². The molecule has 0 saturated heterocycles. The van der Waals surface area contributed by atoms with Crippen LogP contribution in [0.15, 0.2) is 66.7 Å². The number of amides is 1. The van der Waals surface area contributed by atoms with Gasteiger partial charge in [-0.1, -0.05) is 54.6 Å². The van der Waals surface area contributed by atoms with E-state index in [2.05, 4.69) is 29.6 Å². The Kier molecular flexibility index (Phi) is 4.17. The fourth-order valence-electron chi connectivity index (χ4n) is 5.47. The van der Waals surface area contributed by atoms with Crippen LogP contribution in [-0.2, 0) is 14.3 Å². The summed E-state index contributed by atoms with van der Waals surface area (Å²) in [4.78, 5) is 26.0. The second-order valence-electron chi connectivity index (χ2n) is 8.06. The molecule has 0 spiro atoms. The summed E-state index contributed by atoms with van der Waals surface area (Å²) < 4.78 is 5.68. The average Bonchev–Trinajstić information content (AvgIpc) is 3.41. The van der Waals surface area contributed by atoms with E-state index in [1.165, 1.54) is 0 Å². The van der Waals surface area contributed by atoms with Crippen LogP contribution in [0.3, 0.4) is 0 Å². The van der Waals surface area contributed by atoms with Crippen molar-refractivity contribution in [3.8, 4) is 11.1 Å². The monoisotopic (exact) mass is 373 g/mol. The average molecular weight is 373 g/mol. The maximum absolute atomic E-state index is 13.0. The first-order valence-electron chi connectivity index (χ1n) is 9.88. The largest absolute Gasteiger partial charge is 0.380 e. The van der Waals surface area contributed by atoms with Gasteiger partial charge in [0.15, 0.2) is 5.78 Å². The first-order chi connectivity index (χ1) is 13.7. The highest BCUT2D eigenvalue weighted by molar-refractivity contribution is 6.10. The molecule has 3 aliphatic rings. The summed E-state index contributed by atoms with van der Waals surface area (Å²) in [6.45, 7) is 0. The third-order valence-corrected chi connectivity index (χ3v) is 6.68. The molecule has 1 N–H and O–H groups in total. The van der Waals surface area contributed by atoms with Crippen molar-refractivity contribution in [3.63, 3.8) is 0 Å². The summed E-state index contributed by atoms with van der Waals surface area (Å²) in [5, 5.41) is 2.94. The van der Waals surface area contributed by atoms with Gasteiger partial charge in [0.1, 0.15) is 5.92 Å². The Morgan fingerprint density at radius 1 is 0.964 bits per heavy atom. The van der Waals surface area contributed by atoms with E-state index in [-0.39, 0.29) is 35.5 Å². The number of carbonyl (C=O) groups is 2. The number of benzene rings is 2. The Labute approximate surface area is 164 Å². The normalized spacial score (nSPS) is 32.5. The standard InChI is InChI=1S/C24H23NO3/c1-28-23-20-17-8-7-16(13-17)19(20)22(26)21(23)24(27)25-18-11-9-15(10-12-18)14-5-3-2-4-6-14/h2-12,16-17,19-21,23H,13H2,1H3,(H,25,27)/t16-,17+,19-,20+,21?,23?/m1/s1. The number of nitrogens with one attached hydrogen (secondary N) is 1. The third kappa shape index (κ3) is 2.63. The molecule has 0 aromatic heterocycles.